The Kier molecular flexibility index (Phi) is 1.95. The lowest BCUT2D eigenvalue weighted by Crippen LogP contribution is -1.90. The van der Waals surface area contributed by atoms with E-state index in [1.54, 1.807) is 0 Å². The van der Waals surface area contributed by atoms with Gasteiger partial charge in [-0.1, -0.05) is 0 Å². The van der Waals surface area contributed by atoms with Crippen LogP contribution in [0.5, 0.6) is 11.6 Å². The first-order valence-corrected chi connectivity index (χ1v) is 5.63. The predicted molar refractivity (Wildman–Crippen MR) is 63.1 cm³/mol. The number of benzene rings is 1. The average Bonchev–Trinajstić information content (AvgIpc) is 2.69. The van der Waals surface area contributed by atoms with Crippen molar-refractivity contribution in [2.75, 3.05) is 6.61 Å². The van der Waals surface area contributed by atoms with E-state index in [0.717, 1.165) is 26.8 Å². The van der Waals surface area contributed by atoms with Gasteiger partial charge in [0.05, 0.1) is 21.1 Å². The highest BCUT2D eigenvalue weighted by molar-refractivity contribution is 14.1. The minimum Gasteiger partial charge on any atom is -0.493 e. The Balaban J connectivity index is 2.48. The number of halogens is 1. The number of aromatic hydroxyl groups is 1. The highest BCUT2D eigenvalue weighted by Crippen LogP contribution is 2.37. The van der Waals surface area contributed by atoms with Crippen LogP contribution in [0.3, 0.4) is 0 Å². The highest BCUT2D eigenvalue weighted by Gasteiger charge is 2.21. The second-order valence-electron chi connectivity index (χ2n) is 3.36. The van der Waals surface area contributed by atoms with Crippen molar-refractivity contribution in [3.63, 3.8) is 0 Å². The third-order valence-corrected chi connectivity index (χ3v) is 3.31. The molecule has 1 aliphatic rings. The summed E-state index contributed by atoms with van der Waals surface area (Å²) in [5.41, 5.74) is 1.88. The zero-order valence-electron chi connectivity index (χ0n) is 7.70. The minimum atomic E-state index is 0.0348. The third-order valence-electron chi connectivity index (χ3n) is 2.51. The molecule has 3 rings (SSSR count). The maximum atomic E-state index is 9.63. The van der Waals surface area contributed by atoms with Gasteiger partial charge in [0.1, 0.15) is 12.1 Å². The first-order valence-electron chi connectivity index (χ1n) is 4.55. The summed E-state index contributed by atoms with van der Waals surface area (Å²) in [5, 5.41) is 10.3. The lowest BCUT2D eigenvalue weighted by molar-refractivity contribution is 0.354. The van der Waals surface area contributed by atoms with Gasteiger partial charge >= 0.3 is 0 Å². The molecule has 0 radical (unpaired) electrons. The van der Waals surface area contributed by atoms with Gasteiger partial charge in [-0.15, -0.1) is 0 Å². The molecule has 2 aromatic rings. The molecule has 0 amide bonds. The quantitative estimate of drug-likeness (QED) is 0.754. The monoisotopic (exact) mass is 314 g/mol. The van der Waals surface area contributed by atoms with Crippen LogP contribution in [0.4, 0.5) is 0 Å². The molecule has 1 N–H and O–H groups in total. The van der Waals surface area contributed by atoms with Crippen molar-refractivity contribution in [1.29, 1.82) is 0 Å². The molecule has 0 saturated heterocycles. The van der Waals surface area contributed by atoms with E-state index in [2.05, 4.69) is 32.6 Å². The summed E-state index contributed by atoms with van der Waals surface area (Å²) >= 11 is 2.20. The molecular weight excluding hydrogens is 307 g/mol. The molecule has 0 bridgehead atoms. The third kappa shape index (κ3) is 1.26. The Bertz CT molecular complexity index is 557. The lowest BCUT2D eigenvalue weighted by atomic mass is 10.1. The van der Waals surface area contributed by atoms with Gasteiger partial charge in [0.15, 0.2) is 0 Å². The summed E-state index contributed by atoms with van der Waals surface area (Å²) in [7, 11) is 0. The zero-order chi connectivity index (χ0) is 10.4. The Morgan fingerprint density at radius 3 is 3.13 bits per heavy atom. The normalized spacial score (nSPS) is 13.9. The zero-order valence-corrected chi connectivity index (χ0v) is 9.85. The van der Waals surface area contributed by atoms with Crippen LogP contribution in [0.15, 0.2) is 12.4 Å². The fourth-order valence-electron chi connectivity index (χ4n) is 1.85. The molecule has 4 nitrogen and oxygen atoms in total. The molecule has 0 spiro atoms. The summed E-state index contributed by atoms with van der Waals surface area (Å²) in [6.45, 7) is 0.690. The molecule has 0 fully saturated rings. The van der Waals surface area contributed by atoms with E-state index >= 15 is 0 Å². The molecule has 1 aromatic carbocycles. The van der Waals surface area contributed by atoms with Crippen molar-refractivity contribution >= 4 is 33.5 Å². The molecule has 5 heteroatoms. The molecule has 76 valence electrons. The topological polar surface area (TPSA) is 55.2 Å². The van der Waals surface area contributed by atoms with Gasteiger partial charge in [0.25, 0.3) is 0 Å². The second kappa shape index (κ2) is 3.19. The van der Waals surface area contributed by atoms with Gasteiger partial charge in [0, 0.05) is 12.0 Å². The van der Waals surface area contributed by atoms with E-state index in [-0.39, 0.29) is 5.88 Å². The van der Waals surface area contributed by atoms with Gasteiger partial charge in [-0.25, -0.2) is 9.97 Å². The predicted octanol–water partition coefficient (Wildman–Crippen LogP) is 1.87. The Hall–Kier alpha value is -1.11. The van der Waals surface area contributed by atoms with Crippen molar-refractivity contribution in [3.8, 4) is 11.6 Å². The SMILES string of the molecule is Oc1ncnc2c3c(c(I)cc12)OCC3. The van der Waals surface area contributed by atoms with Crippen molar-refractivity contribution in [2.45, 2.75) is 6.42 Å². The van der Waals surface area contributed by atoms with Crippen LogP contribution in [0.2, 0.25) is 0 Å². The van der Waals surface area contributed by atoms with E-state index in [1.807, 2.05) is 6.07 Å². The van der Waals surface area contributed by atoms with Crippen LogP contribution in [-0.4, -0.2) is 21.7 Å². The fraction of sp³-hybridized carbons (Fsp3) is 0.200. The van der Waals surface area contributed by atoms with E-state index in [0.29, 0.717) is 12.0 Å². The van der Waals surface area contributed by atoms with Crippen LogP contribution in [0, 0.1) is 3.57 Å². The van der Waals surface area contributed by atoms with Crippen LogP contribution < -0.4 is 4.74 Å². The smallest absolute Gasteiger partial charge is 0.222 e. The maximum Gasteiger partial charge on any atom is 0.222 e. The average molecular weight is 314 g/mol. The van der Waals surface area contributed by atoms with E-state index in [4.69, 9.17) is 4.74 Å². The summed E-state index contributed by atoms with van der Waals surface area (Å²) in [5.74, 6) is 0.939. The number of rotatable bonds is 0. The molecule has 15 heavy (non-hydrogen) atoms. The lowest BCUT2D eigenvalue weighted by Gasteiger charge is -2.06. The molecule has 1 aromatic heterocycles. The molecular formula is C10H7IN2O2. The van der Waals surface area contributed by atoms with Crippen LogP contribution in [0.25, 0.3) is 10.9 Å². The standard InChI is InChI=1S/C10H7IN2O2/c11-7-3-6-8(12-4-13-10(6)14)5-1-2-15-9(5)7/h3-4H,1-2H2,(H,12,13,14). The number of nitrogens with zero attached hydrogens (tertiary/aromatic N) is 2. The van der Waals surface area contributed by atoms with E-state index in [1.165, 1.54) is 6.33 Å². The Morgan fingerprint density at radius 1 is 1.40 bits per heavy atom. The first-order chi connectivity index (χ1) is 7.27. The van der Waals surface area contributed by atoms with Gasteiger partial charge in [0.2, 0.25) is 5.88 Å². The largest absolute Gasteiger partial charge is 0.493 e. The van der Waals surface area contributed by atoms with E-state index < -0.39 is 0 Å². The first kappa shape index (κ1) is 9.14. The summed E-state index contributed by atoms with van der Waals surface area (Å²) < 4.78 is 6.53. The summed E-state index contributed by atoms with van der Waals surface area (Å²) in [6.07, 6.45) is 2.22. The molecule has 2 heterocycles. The Labute approximate surface area is 99.4 Å². The summed E-state index contributed by atoms with van der Waals surface area (Å²) in [4.78, 5) is 7.97. The van der Waals surface area contributed by atoms with Gasteiger partial charge in [-0.05, 0) is 28.7 Å². The maximum absolute atomic E-state index is 9.63. The van der Waals surface area contributed by atoms with Gasteiger partial charge in [-0.2, -0.15) is 0 Å². The molecule has 0 aliphatic carbocycles. The van der Waals surface area contributed by atoms with Crippen LogP contribution >= 0.6 is 22.6 Å². The van der Waals surface area contributed by atoms with Crippen molar-refractivity contribution in [1.82, 2.24) is 9.97 Å². The number of aromatic nitrogens is 2. The minimum absolute atomic E-state index is 0.0348. The number of fused-ring (bicyclic) bond motifs is 3. The van der Waals surface area contributed by atoms with Crippen molar-refractivity contribution in [3.05, 3.63) is 21.5 Å². The molecule has 0 unspecified atom stereocenters. The second-order valence-corrected chi connectivity index (χ2v) is 4.52. The van der Waals surface area contributed by atoms with Crippen LogP contribution in [-0.2, 0) is 6.42 Å². The van der Waals surface area contributed by atoms with Crippen LogP contribution in [0.1, 0.15) is 5.56 Å². The number of hydrogen-bond donors (Lipinski definition) is 1. The van der Waals surface area contributed by atoms with E-state index in [9.17, 15) is 5.11 Å². The molecule has 1 aliphatic heterocycles. The molecule has 0 atom stereocenters. The van der Waals surface area contributed by atoms with Gasteiger partial charge in [-0.3, -0.25) is 0 Å². The van der Waals surface area contributed by atoms with Gasteiger partial charge < -0.3 is 9.84 Å². The number of hydrogen-bond acceptors (Lipinski definition) is 4. The summed E-state index contributed by atoms with van der Waals surface area (Å²) in [6, 6.07) is 1.86. The van der Waals surface area contributed by atoms with Crippen molar-refractivity contribution < 1.29 is 9.84 Å². The molecule has 0 saturated carbocycles. The highest BCUT2D eigenvalue weighted by atomic mass is 127. The fourth-order valence-corrected chi connectivity index (χ4v) is 2.64. The Morgan fingerprint density at radius 2 is 2.27 bits per heavy atom. The van der Waals surface area contributed by atoms with Crippen molar-refractivity contribution in [2.24, 2.45) is 0 Å². The number of ether oxygens (including phenoxy) is 1.